The lowest BCUT2D eigenvalue weighted by Gasteiger charge is -2.19. The fourth-order valence-electron chi connectivity index (χ4n) is 9.50. The third kappa shape index (κ3) is 18.3. The molecule has 6 aromatic carbocycles. The number of aromatic nitrogens is 6. The molecule has 9 nitrogen and oxygen atoms in total. The number of ketones is 1. The number of rotatable bonds is 19. The first-order valence-electron chi connectivity index (χ1n) is 29.8. The number of fused-ring (bicyclic) bond motifs is 2. The van der Waals surface area contributed by atoms with Gasteiger partial charge in [-0.2, -0.15) is 30.0 Å². The summed E-state index contributed by atoms with van der Waals surface area (Å²) in [6.07, 6.45) is 8.24. The van der Waals surface area contributed by atoms with E-state index in [0.29, 0.717) is 17.8 Å². The number of carbonyl (C=O) groups excluding carboxylic acids is 2. The third-order valence-corrected chi connectivity index (χ3v) is 15.4. The lowest BCUT2D eigenvalue weighted by molar-refractivity contribution is -0.139. The van der Waals surface area contributed by atoms with Crippen molar-refractivity contribution < 1.29 is 14.3 Å². The number of ether oxygens (including phenoxy) is 1. The average Bonchev–Trinajstić information content (AvgIpc) is 2.81. The first-order chi connectivity index (χ1) is 39.1. The Bertz CT molecular complexity index is 3250. The van der Waals surface area contributed by atoms with Crippen molar-refractivity contribution in [3.63, 3.8) is 0 Å². The second kappa shape index (κ2) is 28.5. The number of alkyl halides is 1. The van der Waals surface area contributed by atoms with Gasteiger partial charge in [0.1, 0.15) is 22.1 Å². The molecular weight excluding hydrogens is 1040 g/mol. The molecule has 2 aromatic heterocycles. The summed E-state index contributed by atoms with van der Waals surface area (Å²) in [4.78, 5) is 25.3. The molecule has 8 rings (SSSR count). The number of esters is 1. The normalized spacial score (nSPS) is 11.9. The SMILES string of the molecule is C=C(C)C(=O)OCCCCCCn1nc2c(-c3ccc(C(C)(C)C)cc3)ccc(-c3ccc(C(C)(C)C)cc3)c2n1.C=C(C)C(C)=O.CC(C)(C)c1ccc(-c2ccc(-c3ccc(C(C)(C)C)cc3)c3nn(CCCCCCCl)nc23)cc1. The highest BCUT2D eigenvalue weighted by atomic mass is 35.5. The second-order valence-electron chi connectivity index (χ2n) is 26.4. The van der Waals surface area contributed by atoms with Gasteiger partial charge in [-0.15, -0.1) is 11.6 Å². The quantitative estimate of drug-likeness (QED) is 0.0344. The second-order valence-corrected chi connectivity index (χ2v) is 26.8. The van der Waals surface area contributed by atoms with Crippen LogP contribution in [-0.4, -0.2) is 54.2 Å². The number of benzene rings is 6. The van der Waals surface area contributed by atoms with E-state index in [4.69, 9.17) is 36.7 Å². The van der Waals surface area contributed by atoms with Crippen molar-refractivity contribution in [3.05, 3.63) is 168 Å². The zero-order valence-corrected chi connectivity index (χ0v) is 53.5. The van der Waals surface area contributed by atoms with E-state index in [2.05, 4.69) is 218 Å². The summed E-state index contributed by atoms with van der Waals surface area (Å²) < 4.78 is 5.20. The van der Waals surface area contributed by atoms with E-state index in [9.17, 15) is 9.59 Å². The number of aryl methyl sites for hydroxylation is 2. The Labute approximate surface area is 502 Å². The van der Waals surface area contributed by atoms with Crippen molar-refractivity contribution in [2.75, 3.05) is 12.5 Å². The van der Waals surface area contributed by atoms with Crippen molar-refractivity contribution in [1.29, 1.82) is 0 Å². The maximum absolute atomic E-state index is 11.5. The largest absolute Gasteiger partial charge is 0.462 e. The molecule has 0 fully saturated rings. The van der Waals surface area contributed by atoms with Gasteiger partial charge in [-0.25, -0.2) is 4.79 Å². The molecule has 0 N–H and O–H groups in total. The lowest BCUT2D eigenvalue weighted by atomic mass is 9.85. The van der Waals surface area contributed by atoms with Crippen molar-refractivity contribution in [3.8, 4) is 44.5 Å². The van der Waals surface area contributed by atoms with Crippen LogP contribution in [0.2, 0.25) is 0 Å². The summed E-state index contributed by atoms with van der Waals surface area (Å²) in [6.45, 7) is 40.8. The third-order valence-electron chi connectivity index (χ3n) is 15.1. The zero-order valence-electron chi connectivity index (χ0n) is 52.7. The molecule has 0 aliphatic heterocycles. The average molecular weight is 1140 g/mol. The van der Waals surface area contributed by atoms with Gasteiger partial charge in [-0.05, 0) is 125 Å². The number of hydrogen-bond acceptors (Lipinski definition) is 7. The van der Waals surface area contributed by atoms with Gasteiger partial charge in [-0.1, -0.05) is 237 Å². The van der Waals surface area contributed by atoms with Crippen molar-refractivity contribution in [2.24, 2.45) is 0 Å². The molecule has 0 radical (unpaired) electrons. The zero-order chi connectivity index (χ0) is 60.9. The van der Waals surface area contributed by atoms with Crippen LogP contribution in [0.5, 0.6) is 0 Å². The molecule has 0 atom stereocenters. The fourth-order valence-corrected chi connectivity index (χ4v) is 9.69. The van der Waals surface area contributed by atoms with Crippen molar-refractivity contribution in [1.82, 2.24) is 30.0 Å². The van der Waals surface area contributed by atoms with Crippen molar-refractivity contribution in [2.45, 2.75) is 190 Å². The first kappa shape index (κ1) is 65.2. The minimum atomic E-state index is -0.315. The smallest absolute Gasteiger partial charge is 0.333 e. The van der Waals surface area contributed by atoms with Gasteiger partial charge >= 0.3 is 5.97 Å². The summed E-state index contributed by atoms with van der Waals surface area (Å²) in [6, 6.07) is 44.3. The highest BCUT2D eigenvalue weighted by Crippen LogP contribution is 2.38. The van der Waals surface area contributed by atoms with Crippen LogP contribution in [0.3, 0.4) is 0 Å². The van der Waals surface area contributed by atoms with Crippen molar-refractivity contribution >= 4 is 45.4 Å². The number of Topliss-reactive ketones (excluding diaryl/α,β-unsaturated/α-hetero) is 1. The molecule has 0 spiro atoms. The summed E-state index contributed by atoms with van der Waals surface area (Å²) in [7, 11) is 0. The topological polar surface area (TPSA) is 105 Å². The minimum Gasteiger partial charge on any atom is -0.462 e. The summed E-state index contributed by atoms with van der Waals surface area (Å²) >= 11 is 5.84. The Morgan fingerprint density at radius 1 is 0.398 bits per heavy atom. The van der Waals surface area contributed by atoms with Crippen LogP contribution in [-0.2, 0) is 49.1 Å². The highest BCUT2D eigenvalue weighted by Gasteiger charge is 2.21. The van der Waals surface area contributed by atoms with E-state index in [0.717, 1.165) is 126 Å². The molecule has 0 aliphatic rings. The summed E-state index contributed by atoms with van der Waals surface area (Å²) in [5.41, 5.74) is 19.7. The predicted octanol–water partition coefficient (Wildman–Crippen LogP) is 19.4. The van der Waals surface area contributed by atoms with E-state index in [1.54, 1.807) is 13.8 Å². The van der Waals surface area contributed by atoms with Gasteiger partial charge in [0.25, 0.3) is 0 Å². The number of hydrogen-bond donors (Lipinski definition) is 0. The Kier molecular flexibility index (Phi) is 22.4. The molecule has 440 valence electrons. The molecule has 0 aliphatic carbocycles. The van der Waals surface area contributed by atoms with E-state index < -0.39 is 0 Å². The lowest BCUT2D eigenvalue weighted by Crippen LogP contribution is -2.10. The number of halogens is 1. The minimum absolute atomic E-state index is 0.0648. The molecular formula is C73H93ClN6O3. The molecule has 0 saturated heterocycles. The molecule has 0 amide bonds. The monoisotopic (exact) mass is 1140 g/mol. The van der Waals surface area contributed by atoms with Crippen LogP contribution in [0.15, 0.2) is 146 Å². The molecule has 83 heavy (non-hydrogen) atoms. The standard InChI is InChI=1S/C36H45N3O2.C32H40ClN3.C5H8O/c1-25(2)34(40)41-24-12-10-9-11-23-39-37-32-30(26-13-17-28(18-14-26)35(3,4)5)21-22-31(33(32)38-39)27-15-19-29(20-16-27)36(6,7)8;1-31(2,3)25-15-11-23(12-16-25)27-19-20-28(24-13-17-26(18-14-24)32(4,5)6)30-29(27)34-36(35-30)22-10-8-7-9-21-33;1-4(2)5(3)6/h13-22H,1,9-12,23-24H2,2-8H3;11-20H,7-10,21-22H2,1-6H3;1H2,2-3H3. The molecule has 0 bridgehead atoms. The molecule has 0 unspecified atom stereocenters. The Balaban J connectivity index is 0.000000244. The van der Waals surface area contributed by atoms with E-state index in [-0.39, 0.29) is 33.4 Å². The Morgan fingerprint density at radius 3 is 0.880 bits per heavy atom. The maximum Gasteiger partial charge on any atom is 0.333 e. The van der Waals surface area contributed by atoms with Crippen LogP contribution >= 0.6 is 11.6 Å². The summed E-state index contributed by atoms with van der Waals surface area (Å²) in [5.74, 6) is 0.485. The van der Waals surface area contributed by atoms with Crippen LogP contribution in [0.25, 0.3) is 66.6 Å². The van der Waals surface area contributed by atoms with Gasteiger partial charge in [0, 0.05) is 33.7 Å². The van der Waals surface area contributed by atoms with Crippen LogP contribution in [0, 0.1) is 0 Å². The molecule has 8 aromatic rings. The van der Waals surface area contributed by atoms with E-state index in [1.165, 1.54) is 40.3 Å². The van der Waals surface area contributed by atoms with Crippen LogP contribution in [0.4, 0.5) is 0 Å². The number of unbranched alkanes of at least 4 members (excludes halogenated alkanes) is 6. The maximum atomic E-state index is 11.5. The van der Waals surface area contributed by atoms with Gasteiger partial charge in [0.05, 0.1) is 19.7 Å². The number of allylic oxidation sites excluding steroid dienone is 1. The van der Waals surface area contributed by atoms with Crippen LogP contribution in [0.1, 0.15) is 177 Å². The predicted molar refractivity (Wildman–Crippen MR) is 351 cm³/mol. The van der Waals surface area contributed by atoms with E-state index in [1.807, 2.05) is 9.59 Å². The number of nitrogens with zero attached hydrogens (tertiary/aromatic N) is 6. The Hall–Kier alpha value is -6.97. The molecule has 0 saturated carbocycles. The summed E-state index contributed by atoms with van der Waals surface area (Å²) in [5, 5.41) is 20.0. The van der Waals surface area contributed by atoms with Gasteiger partial charge in [-0.3, -0.25) is 4.79 Å². The van der Waals surface area contributed by atoms with Gasteiger partial charge in [0.2, 0.25) is 0 Å². The van der Waals surface area contributed by atoms with E-state index >= 15 is 0 Å². The fraction of sp³-hybridized carbons (Fsp3) is 0.425. The Morgan fingerprint density at radius 2 is 0.651 bits per heavy atom. The number of carbonyl (C=O) groups is 2. The first-order valence-corrected chi connectivity index (χ1v) is 30.3. The van der Waals surface area contributed by atoms with Crippen LogP contribution < -0.4 is 0 Å². The molecule has 2 heterocycles. The highest BCUT2D eigenvalue weighted by molar-refractivity contribution is 6.17. The van der Waals surface area contributed by atoms with Gasteiger partial charge < -0.3 is 4.74 Å². The van der Waals surface area contributed by atoms with Gasteiger partial charge in [0.15, 0.2) is 5.78 Å². The molecule has 10 heteroatoms.